The third-order valence-electron chi connectivity index (χ3n) is 5.33. The number of hydrogen-bond donors (Lipinski definition) is 1. The van der Waals surface area contributed by atoms with Gasteiger partial charge in [0.05, 0.1) is 27.3 Å². The maximum Gasteiger partial charge on any atom is 0.243 e. The van der Waals surface area contributed by atoms with Crippen molar-refractivity contribution in [3.63, 3.8) is 0 Å². The van der Waals surface area contributed by atoms with Crippen LogP contribution in [0.3, 0.4) is 0 Å². The van der Waals surface area contributed by atoms with Crippen LogP contribution in [0.5, 0.6) is 11.5 Å². The number of hydrogen-bond acceptors (Lipinski definition) is 6. The molecule has 0 aromatic heterocycles. The molecular weight excluding hydrogens is 396 g/mol. The lowest BCUT2D eigenvalue weighted by atomic mass is 10.2. The van der Waals surface area contributed by atoms with Gasteiger partial charge in [-0.3, -0.25) is 14.5 Å². The lowest BCUT2D eigenvalue weighted by Crippen LogP contribution is -2.50. The molecule has 1 fully saturated rings. The third kappa shape index (κ3) is 6.36. The monoisotopic (exact) mass is 426 g/mol. The van der Waals surface area contributed by atoms with E-state index in [1.165, 1.54) is 4.90 Å². The van der Waals surface area contributed by atoms with Crippen LogP contribution in [0, 0.1) is 0 Å². The van der Waals surface area contributed by atoms with Gasteiger partial charge in [-0.15, -0.1) is 0 Å². The molecule has 0 saturated carbocycles. The maximum absolute atomic E-state index is 12.6. The number of carbonyl (C=O) groups excluding carboxylic acids is 2. The van der Waals surface area contributed by atoms with Gasteiger partial charge < -0.3 is 24.6 Å². The second-order valence-electron chi connectivity index (χ2n) is 7.49. The van der Waals surface area contributed by atoms with E-state index in [0.717, 1.165) is 37.6 Å². The number of carbonyl (C=O) groups is 2. The molecule has 1 heterocycles. The molecule has 1 aliphatic heterocycles. The standard InChI is InChI=1S/C23H30N4O4/c1-25(16-22(28)24-18-5-4-6-21(15-18)31-3)23(29)17-26-11-13-27(14-12-26)19-7-9-20(30-2)10-8-19/h4-10,15H,11-14,16-17H2,1-3H3,(H,24,28). The Morgan fingerprint density at radius 1 is 0.968 bits per heavy atom. The van der Waals surface area contributed by atoms with Crippen LogP contribution in [-0.4, -0.2) is 82.1 Å². The van der Waals surface area contributed by atoms with E-state index in [9.17, 15) is 9.59 Å². The number of nitrogens with zero attached hydrogens (tertiary/aromatic N) is 3. The normalized spacial score (nSPS) is 14.1. The van der Waals surface area contributed by atoms with Gasteiger partial charge in [0, 0.05) is 50.7 Å². The fourth-order valence-corrected chi connectivity index (χ4v) is 3.47. The minimum absolute atomic E-state index is 0.00184. The predicted octanol–water partition coefficient (Wildman–Crippen LogP) is 1.92. The Morgan fingerprint density at radius 2 is 1.65 bits per heavy atom. The molecule has 0 spiro atoms. The number of amides is 2. The molecule has 0 radical (unpaired) electrons. The van der Waals surface area contributed by atoms with Gasteiger partial charge in [0.2, 0.25) is 11.8 Å². The molecule has 0 bridgehead atoms. The number of ether oxygens (including phenoxy) is 2. The van der Waals surface area contributed by atoms with E-state index >= 15 is 0 Å². The molecule has 0 atom stereocenters. The highest BCUT2D eigenvalue weighted by Gasteiger charge is 2.21. The zero-order valence-electron chi connectivity index (χ0n) is 18.3. The fraction of sp³-hybridized carbons (Fsp3) is 0.391. The molecule has 8 nitrogen and oxygen atoms in total. The molecule has 166 valence electrons. The van der Waals surface area contributed by atoms with Crippen molar-refractivity contribution in [2.45, 2.75) is 0 Å². The molecular formula is C23H30N4O4. The first kappa shape index (κ1) is 22.4. The van der Waals surface area contributed by atoms with Crippen molar-refractivity contribution in [3.05, 3.63) is 48.5 Å². The number of likely N-dealkylation sites (N-methyl/N-ethyl adjacent to an activating group) is 1. The number of methoxy groups -OCH3 is 2. The zero-order valence-corrected chi connectivity index (χ0v) is 18.3. The summed E-state index contributed by atoms with van der Waals surface area (Å²) in [6, 6.07) is 15.1. The van der Waals surface area contributed by atoms with Crippen LogP contribution in [0.15, 0.2) is 48.5 Å². The smallest absolute Gasteiger partial charge is 0.243 e. The third-order valence-corrected chi connectivity index (χ3v) is 5.33. The van der Waals surface area contributed by atoms with Crippen molar-refractivity contribution < 1.29 is 19.1 Å². The number of rotatable bonds is 8. The largest absolute Gasteiger partial charge is 0.497 e. The second-order valence-corrected chi connectivity index (χ2v) is 7.49. The molecule has 2 amide bonds. The minimum atomic E-state index is -0.242. The number of anilines is 2. The van der Waals surface area contributed by atoms with Crippen LogP contribution in [0.1, 0.15) is 0 Å². The first-order valence-corrected chi connectivity index (χ1v) is 10.3. The van der Waals surface area contributed by atoms with Crippen LogP contribution >= 0.6 is 0 Å². The summed E-state index contributed by atoms with van der Waals surface area (Å²) < 4.78 is 10.4. The summed E-state index contributed by atoms with van der Waals surface area (Å²) in [5.41, 5.74) is 1.79. The summed E-state index contributed by atoms with van der Waals surface area (Å²) in [7, 11) is 4.88. The van der Waals surface area contributed by atoms with Crippen LogP contribution in [0.2, 0.25) is 0 Å². The number of benzene rings is 2. The Morgan fingerprint density at radius 3 is 2.29 bits per heavy atom. The average Bonchev–Trinajstić information content (AvgIpc) is 2.79. The summed E-state index contributed by atoms with van der Waals surface area (Å²) in [5, 5.41) is 2.80. The Balaban J connectivity index is 1.42. The van der Waals surface area contributed by atoms with E-state index < -0.39 is 0 Å². The van der Waals surface area contributed by atoms with Crippen molar-refractivity contribution >= 4 is 23.2 Å². The molecule has 8 heteroatoms. The summed E-state index contributed by atoms with van der Waals surface area (Å²) in [6.07, 6.45) is 0. The molecule has 1 N–H and O–H groups in total. The van der Waals surface area contributed by atoms with Crippen LogP contribution in [0.4, 0.5) is 11.4 Å². The van der Waals surface area contributed by atoms with E-state index in [4.69, 9.17) is 9.47 Å². The predicted molar refractivity (Wildman–Crippen MR) is 121 cm³/mol. The van der Waals surface area contributed by atoms with E-state index in [0.29, 0.717) is 18.0 Å². The highest BCUT2D eigenvalue weighted by molar-refractivity contribution is 5.94. The minimum Gasteiger partial charge on any atom is -0.497 e. The molecule has 0 unspecified atom stereocenters. The quantitative estimate of drug-likeness (QED) is 0.695. The van der Waals surface area contributed by atoms with Crippen molar-refractivity contribution in [1.82, 2.24) is 9.80 Å². The fourth-order valence-electron chi connectivity index (χ4n) is 3.47. The van der Waals surface area contributed by atoms with Gasteiger partial charge in [-0.25, -0.2) is 0 Å². The van der Waals surface area contributed by atoms with Crippen LogP contribution < -0.4 is 19.7 Å². The van der Waals surface area contributed by atoms with Gasteiger partial charge in [0.1, 0.15) is 11.5 Å². The second kappa shape index (κ2) is 10.7. The van der Waals surface area contributed by atoms with Crippen molar-refractivity contribution in [2.24, 2.45) is 0 Å². The van der Waals surface area contributed by atoms with Gasteiger partial charge in [-0.05, 0) is 36.4 Å². The number of nitrogens with one attached hydrogen (secondary N) is 1. The van der Waals surface area contributed by atoms with E-state index in [2.05, 4.69) is 15.1 Å². The average molecular weight is 427 g/mol. The first-order chi connectivity index (χ1) is 15.0. The SMILES string of the molecule is COc1ccc(N2CCN(CC(=O)N(C)CC(=O)Nc3cccc(OC)c3)CC2)cc1. The van der Waals surface area contributed by atoms with Gasteiger partial charge in [0.25, 0.3) is 0 Å². The molecule has 2 aromatic rings. The van der Waals surface area contributed by atoms with E-state index in [-0.39, 0.29) is 18.4 Å². The van der Waals surface area contributed by atoms with Crippen LogP contribution in [0.25, 0.3) is 0 Å². The molecule has 1 aliphatic rings. The van der Waals surface area contributed by atoms with Gasteiger partial charge in [0.15, 0.2) is 0 Å². The Kier molecular flexibility index (Phi) is 7.72. The summed E-state index contributed by atoms with van der Waals surface area (Å²) in [6.45, 7) is 3.59. The van der Waals surface area contributed by atoms with Gasteiger partial charge in [-0.2, -0.15) is 0 Å². The molecule has 31 heavy (non-hydrogen) atoms. The first-order valence-electron chi connectivity index (χ1n) is 10.3. The Hall–Kier alpha value is -3.26. The molecule has 2 aromatic carbocycles. The van der Waals surface area contributed by atoms with Crippen molar-refractivity contribution in [1.29, 1.82) is 0 Å². The van der Waals surface area contributed by atoms with Gasteiger partial charge >= 0.3 is 0 Å². The Labute approximate surface area is 183 Å². The van der Waals surface area contributed by atoms with Crippen molar-refractivity contribution in [2.75, 3.05) is 70.8 Å². The molecule has 1 saturated heterocycles. The lowest BCUT2D eigenvalue weighted by molar-refractivity contribution is -0.134. The summed E-state index contributed by atoms with van der Waals surface area (Å²) in [4.78, 5) is 30.8. The summed E-state index contributed by atoms with van der Waals surface area (Å²) >= 11 is 0. The molecule has 0 aliphatic carbocycles. The number of piperazine rings is 1. The van der Waals surface area contributed by atoms with Gasteiger partial charge in [-0.1, -0.05) is 6.07 Å². The van der Waals surface area contributed by atoms with Crippen molar-refractivity contribution in [3.8, 4) is 11.5 Å². The maximum atomic E-state index is 12.6. The zero-order chi connectivity index (χ0) is 22.2. The lowest BCUT2D eigenvalue weighted by Gasteiger charge is -2.36. The van der Waals surface area contributed by atoms with E-state index in [1.54, 1.807) is 45.5 Å². The highest BCUT2D eigenvalue weighted by Crippen LogP contribution is 2.20. The highest BCUT2D eigenvalue weighted by atomic mass is 16.5. The van der Waals surface area contributed by atoms with E-state index in [1.807, 2.05) is 24.3 Å². The summed E-state index contributed by atoms with van der Waals surface area (Å²) in [5.74, 6) is 1.19. The molecule has 3 rings (SSSR count). The topological polar surface area (TPSA) is 74.4 Å². The Bertz CT molecular complexity index is 879. The van der Waals surface area contributed by atoms with Crippen LogP contribution in [-0.2, 0) is 9.59 Å².